The van der Waals surface area contributed by atoms with Crippen LogP contribution in [0.4, 0.5) is 14.6 Å². The van der Waals surface area contributed by atoms with Crippen molar-refractivity contribution in [2.45, 2.75) is 32.7 Å². The number of benzene rings is 1. The van der Waals surface area contributed by atoms with Gasteiger partial charge in [0.25, 0.3) is 12.0 Å². The summed E-state index contributed by atoms with van der Waals surface area (Å²) in [4.78, 5) is 26.7. The Kier molecular flexibility index (Phi) is 6.22. The summed E-state index contributed by atoms with van der Waals surface area (Å²) in [7, 11) is 1.67. The molecule has 1 atom stereocenters. The molecule has 1 aliphatic heterocycles. The largest absolute Gasteiger partial charge is 0.361 e. The van der Waals surface area contributed by atoms with Gasteiger partial charge in [-0.1, -0.05) is 24.3 Å². The first-order valence-corrected chi connectivity index (χ1v) is 10.7. The number of carbonyl (C=O) groups is 1. The summed E-state index contributed by atoms with van der Waals surface area (Å²) in [5.74, 6) is 0.408. The van der Waals surface area contributed by atoms with E-state index >= 15 is 0 Å². The number of carbonyl (C=O) groups excluding carboxylic acids is 1. The molecule has 3 aromatic rings. The third kappa shape index (κ3) is 4.48. The fraction of sp³-hybridized carbons (Fsp3) is 0.333. The molecule has 0 unspecified atom stereocenters. The van der Waals surface area contributed by atoms with Crippen molar-refractivity contribution in [3.63, 3.8) is 0 Å². The smallest absolute Gasteiger partial charge is 0.263 e. The third-order valence-electron chi connectivity index (χ3n) is 6.01. The van der Waals surface area contributed by atoms with E-state index in [4.69, 9.17) is 0 Å². The zero-order valence-electron chi connectivity index (χ0n) is 18.7. The van der Waals surface area contributed by atoms with Crippen molar-refractivity contribution < 1.29 is 13.6 Å². The molecule has 0 saturated carbocycles. The van der Waals surface area contributed by atoms with Crippen LogP contribution in [0, 0.1) is 0 Å². The van der Waals surface area contributed by atoms with E-state index in [0.29, 0.717) is 47.4 Å². The number of nitrogens with zero attached hydrogens (tertiary/aromatic N) is 4. The molecule has 1 aromatic carbocycles. The van der Waals surface area contributed by atoms with Crippen LogP contribution in [0.5, 0.6) is 0 Å². The average Bonchev–Trinajstić information content (AvgIpc) is 2.81. The van der Waals surface area contributed by atoms with Gasteiger partial charge in [0.2, 0.25) is 5.91 Å². The fourth-order valence-corrected chi connectivity index (χ4v) is 4.09. The van der Waals surface area contributed by atoms with E-state index in [9.17, 15) is 18.4 Å². The van der Waals surface area contributed by atoms with E-state index in [-0.39, 0.29) is 23.1 Å². The Morgan fingerprint density at radius 1 is 1.21 bits per heavy atom. The van der Waals surface area contributed by atoms with Gasteiger partial charge in [-0.05, 0) is 36.6 Å². The fourth-order valence-electron chi connectivity index (χ4n) is 4.09. The van der Waals surface area contributed by atoms with Crippen molar-refractivity contribution in [2.75, 3.05) is 18.4 Å². The van der Waals surface area contributed by atoms with Crippen molar-refractivity contribution in [3.8, 4) is 0 Å². The quantitative estimate of drug-likeness (QED) is 0.630. The Morgan fingerprint density at radius 2 is 1.97 bits per heavy atom. The zero-order valence-corrected chi connectivity index (χ0v) is 18.7. The number of nitrogens with one attached hydrogen (secondary N) is 1. The van der Waals surface area contributed by atoms with Crippen LogP contribution in [-0.4, -0.2) is 38.7 Å². The van der Waals surface area contributed by atoms with E-state index in [2.05, 4.69) is 15.5 Å². The van der Waals surface area contributed by atoms with Gasteiger partial charge in [-0.3, -0.25) is 9.59 Å². The van der Waals surface area contributed by atoms with Crippen LogP contribution in [-0.2, 0) is 11.8 Å². The molecule has 2 aromatic heterocycles. The summed E-state index contributed by atoms with van der Waals surface area (Å²) in [5.41, 5.74) is 2.34. The topological polar surface area (TPSA) is 80.1 Å². The summed E-state index contributed by atoms with van der Waals surface area (Å²) in [6.45, 7) is 4.36. The molecule has 0 radical (unpaired) electrons. The Bertz CT molecular complexity index is 1300. The molecule has 0 saturated heterocycles. The first-order valence-electron chi connectivity index (χ1n) is 10.7. The SMILES string of the molecule is CC(=O)N1CCC=C(c2cc3c(N[C@H](C)c4cccc(C(F)F)c4)nncc3n(C)c2=O)C1. The van der Waals surface area contributed by atoms with E-state index in [0.717, 1.165) is 5.57 Å². The Balaban J connectivity index is 1.75. The number of hydrogen-bond acceptors (Lipinski definition) is 5. The van der Waals surface area contributed by atoms with Gasteiger partial charge in [0, 0.05) is 43.6 Å². The van der Waals surface area contributed by atoms with E-state index in [1.165, 1.54) is 29.8 Å². The van der Waals surface area contributed by atoms with Crippen LogP contribution < -0.4 is 10.9 Å². The molecular formula is C24H25F2N5O2. The Hall–Kier alpha value is -3.62. The third-order valence-corrected chi connectivity index (χ3v) is 6.01. The summed E-state index contributed by atoms with van der Waals surface area (Å²) in [5, 5.41) is 12.2. The van der Waals surface area contributed by atoms with Gasteiger partial charge in [-0.25, -0.2) is 8.78 Å². The summed E-state index contributed by atoms with van der Waals surface area (Å²) in [6, 6.07) is 7.67. The highest BCUT2D eigenvalue weighted by Gasteiger charge is 2.21. The summed E-state index contributed by atoms with van der Waals surface area (Å²) >= 11 is 0. The molecule has 0 spiro atoms. The number of hydrogen-bond donors (Lipinski definition) is 1. The van der Waals surface area contributed by atoms with Crippen LogP contribution >= 0.6 is 0 Å². The Morgan fingerprint density at radius 3 is 2.70 bits per heavy atom. The lowest BCUT2D eigenvalue weighted by Gasteiger charge is -2.26. The lowest BCUT2D eigenvalue weighted by atomic mass is 10.0. The van der Waals surface area contributed by atoms with Crippen molar-refractivity contribution in [3.05, 3.63) is 69.6 Å². The van der Waals surface area contributed by atoms with Gasteiger partial charge < -0.3 is 14.8 Å². The van der Waals surface area contributed by atoms with Gasteiger partial charge in [-0.2, -0.15) is 5.10 Å². The van der Waals surface area contributed by atoms with E-state index in [1.54, 1.807) is 30.1 Å². The van der Waals surface area contributed by atoms with Crippen LogP contribution in [0.2, 0.25) is 0 Å². The zero-order chi connectivity index (χ0) is 23.7. The normalized spacial score (nSPS) is 15.0. The highest BCUT2D eigenvalue weighted by atomic mass is 19.3. The number of halogens is 2. The maximum Gasteiger partial charge on any atom is 0.263 e. The molecule has 33 heavy (non-hydrogen) atoms. The molecule has 172 valence electrons. The number of anilines is 1. The van der Waals surface area contributed by atoms with E-state index in [1.807, 2.05) is 13.0 Å². The van der Waals surface area contributed by atoms with Crippen LogP contribution in [0.1, 0.15) is 49.4 Å². The molecule has 1 aliphatic rings. The minimum absolute atomic E-state index is 0.0358. The molecule has 7 nitrogen and oxygen atoms in total. The highest BCUT2D eigenvalue weighted by Crippen LogP contribution is 2.28. The monoisotopic (exact) mass is 453 g/mol. The van der Waals surface area contributed by atoms with Gasteiger partial charge in [0.15, 0.2) is 5.82 Å². The van der Waals surface area contributed by atoms with Crippen molar-refractivity contribution in [1.82, 2.24) is 19.7 Å². The molecule has 1 N–H and O–H groups in total. The first-order chi connectivity index (χ1) is 15.8. The molecule has 0 bridgehead atoms. The Labute approximate surface area is 189 Å². The number of aromatic nitrogens is 3. The molecular weight excluding hydrogens is 428 g/mol. The molecule has 4 rings (SSSR count). The lowest BCUT2D eigenvalue weighted by Crippen LogP contribution is -2.35. The number of amides is 1. The average molecular weight is 453 g/mol. The maximum atomic E-state index is 13.1. The highest BCUT2D eigenvalue weighted by molar-refractivity contribution is 5.91. The second-order valence-electron chi connectivity index (χ2n) is 8.21. The van der Waals surface area contributed by atoms with Gasteiger partial charge >= 0.3 is 0 Å². The van der Waals surface area contributed by atoms with Crippen LogP contribution in [0.3, 0.4) is 0 Å². The number of pyridine rings is 1. The van der Waals surface area contributed by atoms with Gasteiger partial charge in [0.1, 0.15) is 0 Å². The first kappa shape index (κ1) is 22.6. The molecule has 3 heterocycles. The molecule has 0 fully saturated rings. The maximum absolute atomic E-state index is 13.1. The number of fused-ring (bicyclic) bond motifs is 1. The standard InChI is InChI=1S/C24H25F2N5O2/c1-14(16-6-4-7-17(10-16)22(25)26)28-23-20-11-19(18-8-5-9-31(13-18)15(2)32)24(33)30(3)21(20)12-27-29-23/h4,6-8,10-12,14,22H,5,9,13H2,1-3H3,(H,28,29)/t14-/m1/s1. The van der Waals surface area contributed by atoms with Crippen LogP contribution in [0.25, 0.3) is 16.5 Å². The predicted octanol–water partition coefficient (Wildman–Crippen LogP) is 4.07. The number of rotatable bonds is 5. The number of alkyl halides is 2. The van der Waals surface area contributed by atoms with Crippen molar-refractivity contribution in [1.29, 1.82) is 0 Å². The molecule has 0 aliphatic carbocycles. The van der Waals surface area contributed by atoms with Gasteiger partial charge in [-0.15, -0.1) is 5.10 Å². The van der Waals surface area contributed by atoms with Crippen molar-refractivity contribution >= 4 is 28.2 Å². The summed E-state index contributed by atoms with van der Waals surface area (Å²) < 4.78 is 27.8. The lowest BCUT2D eigenvalue weighted by molar-refractivity contribution is -0.128. The second kappa shape index (κ2) is 9.09. The minimum atomic E-state index is -2.55. The van der Waals surface area contributed by atoms with E-state index < -0.39 is 6.43 Å². The minimum Gasteiger partial charge on any atom is -0.361 e. The second-order valence-corrected chi connectivity index (χ2v) is 8.21. The predicted molar refractivity (Wildman–Crippen MR) is 123 cm³/mol. The summed E-state index contributed by atoms with van der Waals surface area (Å²) in [6.07, 6.45) is 1.63. The molecule has 1 amide bonds. The van der Waals surface area contributed by atoms with Crippen LogP contribution in [0.15, 0.2) is 47.4 Å². The van der Waals surface area contributed by atoms with Gasteiger partial charge in [0.05, 0.1) is 17.8 Å². The molecule has 9 heteroatoms. The number of aryl methyl sites for hydroxylation is 1. The van der Waals surface area contributed by atoms with Crippen molar-refractivity contribution in [2.24, 2.45) is 7.05 Å².